The van der Waals surface area contributed by atoms with Gasteiger partial charge in [0.15, 0.2) is 0 Å². The molecule has 1 N–H and O–H groups in total. The number of carbonyl (C=O) groups is 1. The highest BCUT2D eigenvalue weighted by molar-refractivity contribution is 6.31. The molecule has 0 aliphatic carbocycles. The summed E-state index contributed by atoms with van der Waals surface area (Å²) < 4.78 is 2.06. The topological polar surface area (TPSA) is 93.3 Å². The molecule has 2 heterocycles. The second-order valence-electron chi connectivity index (χ2n) is 7.47. The summed E-state index contributed by atoms with van der Waals surface area (Å²) >= 11 is 6.16. The Balaban J connectivity index is 1.45. The quantitative estimate of drug-likeness (QED) is 0.449. The van der Waals surface area contributed by atoms with Gasteiger partial charge in [0.2, 0.25) is 0 Å². The van der Waals surface area contributed by atoms with Crippen molar-refractivity contribution in [3.05, 3.63) is 87.4 Å². The first-order chi connectivity index (χ1) is 15.0. The number of hydrogen-bond acceptors (Lipinski definition) is 5. The molecule has 1 saturated heterocycles. The van der Waals surface area contributed by atoms with Crippen molar-refractivity contribution >= 4 is 28.9 Å². The number of imidazole rings is 1. The highest BCUT2D eigenvalue weighted by atomic mass is 35.5. The number of halogens is 1. The third-order valence-electron chi connectivity index (χ3n) is 5.57. The van der Waals surface area contributed by atoms with Gasteiger partial charge in [0.25, 0.3) is 11.6 Å². The molecule has 1 aromatic heterocycles. The molecular formula is C22H22ClN5O3. The Bertz CT molecular complexity index is 1080. The number of hydrogen-bond donors (Lipinski definition) is 1. The number of likely N-dealkylation sites (tertiary alicyclic amines) is 1. The van der Waals surface area contributed by atoms with Gasteiger partial charge >= 0.3 is 0 Å². The molecule has 31 heavy (non-hydrogen) atoms. The Morgan fingerprint density at radius 1 is 1.23 bits per heavy atom. The van der Waals surface area contributed by atoms with Crippen LogP contribution in [0.4, 0.5) is 11.4 Å². The van der Waals surface area contributed by atoms with Gasteiger partial charge in [0.1, 0.15) is 5.69 Å². The number of benzene rings is 2. The van der Waals surface area contributed by atoms with Gasteiger partial charge in [-0.3, -0.25) is 14.9 Å². The van der Waals surface area contributed by atoms with Gasteiger partial charge in [0.05, 0.1) is 11.3 Å². The van der Waals surface area contributed by atoms with Gasteiger partial charge in [-0.25, -0.2) is 4.98 Å². The van der Waals surface area contributed by atoms with Gasteiger partial charge < -0.3 is 14.8 Å². The Morgan fingerprint density at radius 2 is 2.00 bits per heavy atom. The summed E-state index contributed by atoms with van der Waals surface area (Å²) in [7, 11) is 0. The smallest absolute Gasteiger partial charge is 0.293 e. The lowest BCUT2D eigenvalue weighted by molar-refractivity contribution is -0.384. The average molecular weight is 440 g/mol. The fourth-order valence-corrected chi connectivity index (χ4v) is 4.04. The molecule has 160 valence electrons. The van der Waals surface area contributed by atoms with Crippen LogP contribution in [0.5, 0.6) is 0 Å². The van der Waals surface area contributed by atoms with E-state index in [1.54, 1.807) is 35.6 Å². The number of nitrogens with zero attached hydrogens (tertiary/aromatic N) is 4. The van der Waals surface area contributed by atoms with E-state index in [0.717, 1.165) is 18.4 Å². The van der Waals surface area contributed by atoms with E-state index >= 15 is 0 Å². The molecular weight excluding hydrogens is 418 g/mol. The number of carbonyl (C=O) groups excluding carboxylic acids is 1. The lowest BCUT2D eigenvalue weighted by Gasteiger charge is -2.32. The van der Waals surface area contributed by atoms with Crippen molar-refractivity contribution in [1.29, 1.82) is 0 Å². The molecule has 4 rings (SSSR count). The molecule has 3 aromatic rings. The first kappa shape index (κ1) is 20.9. The molecule has 1 fully saturated rings. The van der Waals surface area contributed by atoms with Crippen LogP contribution in [-0.4, -0.2) is 38.4 Å². The van der Waals surface area contributed by atoms with Gasteiger partial charge in [-0.15, -0.1) is 0 Å². The highest BCUT2D eigenvalue weighted by Gasteiger charge is 2.26. The summed E-state index contributed by atoms with van der Waals surface area (Å²) in [6, 6.07) is 12.2. The highest BCUT2D eigenvalue weighted by Crippen LogP contribution is 2.29. The normalized spacial score (nSPS) is 14.4. The van der Waals surface area contributed by atoms with Crippen LogP contribution in [0.25, 0.3) is 0 Å². The van der Waals surface area contributed by atoms with E-state index in [0.29, 0.717) is 41.9 Å². The summed E-state index contributed by atoms with van der Waals surface area (Å²) in [4.78, 5) is 29.9. The maximum Gasteiger partial charge on any atom is 0.293 e. The number of nitro benzene ring substituents is 1. The number of nitro groups is 1. The predicted octanol–water partition coefficient (Wildman–Crippen LogP) is 4.53. The number of piperidine rings is 1. The molecule has 8 nitrogen and oxygen atoms in total. The number of amides is 1. The third-order valence-corrected chi connectivity index (χ3v) is 5.94. The standard InChI is InChI=1S/C22H22ClN5O3/c23-19-4-2-1-3-17(19)14-25-20-6-5-16(13-21(20)28(30)31)22(29)26-10-7-18(8-11-26)27-12-9-24-15-27/h1-6,9,12-13,15,18,25H,7-8,10-11,14H2. The van der Waals surface area contributed by atoms with E-state index < -0.39 is 4.92 Å². The summed E-state index contributed by atoms with van der Waals surface area (Å²) in [6.07, 6.45) is 7.11. The minimum Gasteiger partial charge on any atom is -0.375 e. The molecule has 1 aliphatic heterocycles. The predicted molar refractivity (Wildman–Crippen MR) is 118 cm³/mol. The lowest BCUT2D eigenvalue weighted by atomic mass is 10.0. The third kappa shape index (κ3) is 4.69. The van der Waals surface area contributed by atoms with Crippen LogP contribution in [0.2, 0.25) is 5.02 Å². The fourth-order valence-electron chi connectivity index (χ4n) is 3.83. The van der Waals surface area contributed by atoms with Gasteiger partial charge in [0, 0.05) is 54.7 Å². The summed E-state index contributed by atoms with van der Waals surface area (Å²) in [5.41, 5.74) is 1.36. The molecule has 0 spiro atoms. The van der Waals surface area contributed by atoms with Crippen LogP contribution >= 0.6 is 11.6 Å². The molecule has 0 saturated carbocycles. The van der Waals surface area contributed by atoms with Gasteiger partial charge in [-0.2, -0.15) is 0 Å². The second kappa shape index (κ2) is 9.18. The Hall–Kier alpha value is -3.39. The zero-order chi connectivity index (χ0) is 21.8. The van der Waals surface area contributed by atoms with Crippen LogP contribution < -0.4 is 5.32 Å². The van der Waals surface area contributed by atoms with Gasteiger partial charge in [-0.05, 0) is 36.6 Å². The van der Waals surface area contributed by atoms with E-state index in [4.69, 9.17) is 11.6 Å². The first-order valence-electron chi connectivity index (χ1n) is 10.1. The van der Waals surface area contributed by atoms with E-state index in [-0.39, 0.29) is 11.6 Å². The minimum atomic E-state index is -0.475. The van der Waals surface area contributed by atoms with E-state index in [1.807, 2.05) is 24.4 Å². The Kier molecular flexibility index (Phi) is 6.18. The maximum atomic E-state index is 12.9. The summed E-state index contributed by atoms with van der Waals surface area (Å²) in [6.45, 7) is 1.54. The number of aromatic nitrogens is 2. The Morgan fingerprint density at radius 3 is 2.68 bits per heavy atom. The van der Waals surface area contributed by atoms with Crippen molar-refractivity contribution in [2.24, 2.45) is 0 Å². The van der Waals surface area contributed by atoms with Crippen molar-refractivity contribution < 1.29 is 9.72 Å². The number of anilines is 1. The number of nitrogens with one attached hydrogen (secondary N) is 1. The SMILES string of the molecule is O=C(c1ccc(NCc2ccccc2Cl)c([N+](=O)[O-])c1)N1CCC(n2ccnc2)CC1. The molecule has 0 radical (unpaired) electrons. The van der Waals surface area contributed by atoms with Crippen molar-refractivity contribution in [2.75, 3.05) is 18.4 Å². The molecule has 9 heteroatoms. The van der Waals surface area contributed by atoms with E-state index in [1.165, 1.54) is 6.07 Å². The van der Waals surface area contributed by atoms with Crippen molar-refractivity contribution in [3.8, 4) is 0 Å². The first-order valence-corrected chi connectivity index (χ1v) is 10.4. The summed E-state index contributed by atoms with van der Waals surface area (Å²) in [5, 5.41) is 15.3. The zero-order valence-electron chi connectivity index (χ0n) is 16.8. The monoisotopic (exact) mass is 439 g/mol. The minimum absolute atomic E-state index is 0.133. The molecule has 1 amide bonds. The van der Waals surface area contributed by atoms with Crippen LogP contribution in [0, 0.1) is 10.1 Å². The van der Waals surface area contributed by atoms with E-state index in [2.05, 4.69) is 14.9 Å². The molecule has 0 bridgehead atoms. The van der Waals surface area contributed by atoms with Gasteiger partial charge in [-0.1, -0.05) is 29.8 Å². The van der Waals surface area contributed by atoms with Crippen LogP contribution in [-0.2, 0) is 6.54 Å². The van der Waals surface area contributed by atoms with Crippen molar-refractivity contribution in [3.63, 3.8) is 0 Å². The molecule has 2 aromatic carbocycles. The van der Waals surface area contributed by atoms with Crippen LogP contribution in [0.15, 0.2) is 61.2 Å². The van der Waals surface area contributed by atoms with E-state index in [9.17, 15) is 14.9 Å². The average Bonchev–Trinajstić information content (AvgIpc) is 3.33. The molecule has 0 atom stereocenters. The van der Waals surface area contributed by atoms with Crippen molar-refractivity contribution in [2.45, 2.75) is 25.4 Å². The second-order valence-corrected chi connectivity index (χ2v) is 7.87. The molecule has 1 aliphatic rings. The van der Waals surface area contributed by atoms with Crippen LogP contribution in [0.3, 0.4) is 0 Å². The lowest BCUT2D eigenvalue weighted by Crippen LogP contribution is -2.38. The van der Waals surface area contributed by atoms with Crippen LogP contribution in [0.1, 0.15) is 34.8 Å². The van der Waals surface area contributed by atoms with Crippen molar-refractivity contribution in [1.82, 2.24) is 14.5 Å². The Labute approximate surface area is 184 Å². The maximum absolute atomic E-state index is 12.9. The summed E-state index contributed by atoms with van der Waals surface area (Å²) in [5.74, 6) is -0.190. The number of rotatable bonds is 6. The molecule has 0 unspecified atom stereocenters. The largest absolute Gasteiger partial charge is 0.375 e. The zero-order valence-corrected chi connectivity index (χ0v) is 17.5. The fraction of sp³-hybridized carbons (Fsp3) is 0.273.